The average molecular weight is 254 g/mol. The van der Waals surface area contributed by atoms with Gasteiger partial charge in [-0.2, -0.15) is 0 Å². The van der Waals surface area contributed by atoms with E-state index in [9.17, 15) is 4.79 Å². The second kappa shape index (κ2) is 6.58. The molecular formula is C10H18N6O2. The fraction of sp³-hybridized carbons (Fsp3) is 0.600. The highest BCUT2D eigenvalue weighted by atomic mass is 16.4. The first-order valence-corrected chi connectivity index (χ1v) is 5.75. The largest absolute Gasteiger partial charge is 0.409 e. The van der Waals surface area contributed by atoms with E-state index in [1.165, 1.54) is 0 Å². The number of nitrogens with one attached hydrogen (secondary N) is 1. The van der Waals surface area contributed by atoms with Crippen LogP contribution in [0.5, 0.6) is 0 Å². The number of nitrogens with two attached hydrogens (primary N) is 1. The molecule has 1 amide bonds. The third-order valence-corrected chi connectivity index (χ3v) is 2.65. The Morgan fingerprint density at radius 2 is 2.39 bits per heavy atom. The Labute approximate surface area is 105 Å². The summed E-state index contributed by atoms with van der Waals surface area (Å²) < 4.78 is 1.82. The minimum Gasteiger partial charge on any atom is -0.409 e. The Balaban J connectivity index is 2.60. The van der Waals surface area contributed by atoms with E-state index >= 15 is 0 Å². The molecule has 1 unspecified atom stereocenters. The molecule has 1 rings (SSSR count). The van der Waals surface area contributed by atoms with Gasteiger partial charge in [0.25, 0.3) is 0 Å². The summed E-state index contributed by atoms with van der Waals surface area (Å²) in [4.78, 5) is 11.8. The zero-order chi connectivity index (χ0) is 13.5. The van der Waals surface area contributed by atoms with E-state index in [1.807, 2.05) is 11.5 Å². The van der Waals surface area contributed by atoms with Crippen LogP contribution >= 0.6 is 0 Å². The fourth-order valence-corrected chi connectivity index (χ4v) is 1.57. The summed E-state index contributed by atoms with van der Waals surface area (Å²) >= 11 is 0. The van der Waals surface area contributed by atoms with E-state index in [0.29, 0.717) is 12.2 Å². The van der Waals surface area contributed by atoms with Gasteiger partial charge in [0.2, 0.25) is 5.91 Å². The minimum absolute atomic E-state index is 0.0908. The lowest BCUT2D eigenvalue weighted by molar-refractivity contribution is -0.123. The van der Waals surface area contributed by atoms with Crippen molar-refractivity contribution in [2.45, 2.75) is 33.4 Å². The highest BCUT2D eigenvalue weighted by molar-refractivity contribution is 6.01. The van der Waals surface area contributed by atoms with Gasteiger partial charge in [0.1, 0.15) is 6.33 Å². The molecule has 0 spiro atoms. The zero-order valence-corrected chi connectivity index (χ0v) is 10.5. The number of nitrogens with zero attached hydrogens (tertiary/aromatic N) is 4. The molecule has 8 heteroatoms. The Morgan fingerprint density at radius 3 is 2.94 bits per heavy atom. The Hall–Kier alpha value is -2.12. The third kappa shape index (κ3) is 3.19. The van der Waals surface area contributed by atoms with Gasteiger partial charge in [0.15, 0.2) is 11.7 Å². The summed E-state index contributed by atoms with van der Waals surface area (Å²) in [5.41, 5.74) is 5.44. The molecule has 0 saturated heterocycles. The Bertz CT molecular complexity index is 428. The van der Waals surface area contributed by atoms with Crippen molar-refractivity contribution in [3.8, 4) is 0 Å². The van der Waals surface area contributed by atoms with Crippen LogP contribution in [0, 0.1) is 5.92 Å². The van der Waals surface area contributed by atoms with Crippen molar-refractivity contribution in [2.24, 2.45) is 16.8 Å². The van der Waals surface area contributed by atoms with Crippen molar-refractivity contribution >= 4 is 11.7 Å². The molecule has 100 valence electrons. The van der Waals surface area contributed by atoms with Gasteiger partial charge in [-0.3, -0.25) is 4.79 Å². The molecule has 0 aliphatic rings. The lowest BCUT2D eigenvalue weighted by Crippen LogP contribution is -2.38. The molecular weight excluding hydrogens is 236 g/mol. The number of amides is 1. The van der Waals surface area contributed by atoms with Crippen molar-refractivity contribution in [2.75, 3.05) is 0 Å². The van der Waals surface area contributed by atoms with Gasteiger partial charge in [-0.1, -0.05) is 12.1 Å². The van der Waals surface area contributed by atoms with Gasteiger partial charge < -0.3 is 20.8 Å². The number of amidine groups is 1. The predicted octanol–water partition coefficient (Wildman–Crippen LogP) is -0.313. The Morgan fingerprint density at radius 1 is 1.67 bits per heavy atom. The SMILES string of the molecule is CCC(C(=O)NCc1nncn1CC)C(N)=NO. The summed E-state index contributed by atoms with van der Waals surface area (Å²) in [7, 11) is 0. The van der Waals surface area contributed by atoms with Crippen molar-refractivity contribution in [1.29, 1.82) is 0 Å². The molecule has 4 N–H and O–H groups in total. The van der Waals surface area contributed by atoms with Gasteiger partial charge >= 0.3 is 0 Å². The second-order valence-corrected chi connectivity index (χ2v) is 3.74. The third-order valence-electron chi connectivity index (χ3n) is 2.65. The number of aromatic nitrogens is 3. The molecule has 18 heavy (non-hydrogen) atoms. The number of carbonyl (C=O) groups excluding carboxylic acids is 1. The standard InChI is InChI=1S/C10H18N6O2/c1-3-7(9(11)15-18)10(17)12-5-8-14-13-6-16(8)4-2/h6-7,18H,3-5H2,1-2H3,(H2,11,15)(H,12,17). The van der Waals surface area contributed by atoms with E-state index < -0.39 is 5.92 Å². The van der Waals surface area contributed by atoms with Crippen molar-refractivity contribution in [3.63, 3.8) is 0 Å². The first-order chi connectivity index (χ1) is 8.63. The number of carbonyl (C=O) groups is 1. The maximum atomic E-state index is 11.8. The predicted molar refractivity (Wildman–Crippen MR) is 64.7 cm³/mol. The van der Waals surface area contributed by atoms with Gasteiger partial charge in [0.05, 0.1) is 12.5 Å². The maximum Gasteiger partial charge on any atom is 0.231 e. The molecule has 8 nitrogen and oxygen atoms in total. The summed E-state index contributed by atoms with van der Waals surface area (Å²) in [6.45, 7) is 4.74. The van der Waals surface area contributed by atoms with Crippen LogP contribution in [0.4, 0.5) is 0 Å². The summed E-state index contributed by atoms with van der Waals surface area (Å²) in [6, 6.07) is 0. The average Bonchev–Trinajstić information content (AvgIpc) is 2.84. The summed E-state index contributed by atoms with van der Waals surface area (Å²) in [6.07, 6.45) is 2.06. The number of hydrogen-bond donors (Lipinski definition) is 3. The normalized spacial score (nSPS) is 13.3. The highest BCUT2D eigenvalue weighted by Gasteiger charge is 2.21. The number of rotatable bonds is 6. The van der Waals surface area contributed by atoms with E-state index in [2.05, 4.69) is 20.7 Å². The smallest absolute Gasteiger partial charge is 0.231 e. The lowest BCUT2D eigenvalue weighted by atomic mass is 10.1. The molecule has 0 aliphatic heterocycles. The first-order valence-electron chi connectivity index (χ1n) is 5.75. The quantitative estimate of drug-likeness (QED) is 0.278. The number of oxime groups is 1. The van der Waals surface area contributed by atoms with Crippen LogP contribution in [0.3, 0.4) is 0 Å². The molecule has 0 saturated carbocycles. The van der Waals surface area contributed by atoms with Crippen LogP contribution in [0.25, 0.3) is 0 Å². The highest BCUT2D eigenvalue weighted by Crippen LogP contribution is 2.03. The van der Waals surface area contributed by atoms with E-state index in [-0.39, 0.29) is 18.3 Å². The molecule has 1 aromatic rings. The maximum absolute atomic E-state index is 11.8. The van der Waals surface area contributed by atoms with Crippen LogP contribution in [-0.4, -0.2) is 31.7 Å². The van der Waals surface area contributed by atoms with E-state index in [0.717, 1.165) is 6.54 Å². The summed E-state index contributed by atoms with van der Waals surface area (Å²) in [5, 5.41) is 21.8. The van der Waals surface area contributed by atoms with Crippen LogP contribution in [0.2, 0.25) is 0 Å². The summed E-state index contributed by atoms with van der Waals surface area (Å²) in [5.74, 6) is -0.348. The second-order valence-electron chi connectivity index (χ2n) is 3.74. The van der Waals surface area contributed by atoms with E-state index in [4.69, 9.17) is 10.9 Å². The zero-order valence-electron chi connectivity index (χ0n) is 10.5. The molecule has 0 aliphatic carbocycles. The molecule has 1 aromatic heterocycles. The van der Waals surface area contributed by atoms with Crippen molar-refractivity contribution in [1.82, 2.24) is 20.1 Å². The van der Waals surface area contributed by atoms with Crippen LogP contribution in [0.15, 0.2) is 11.5 Å². The fourth-order valence-electron chi connectivity index (χ4n) is 1.57. The molecule has 1 heterocycles. The van der Waals surface area contributed by atoms with Gasteiger partial charge in [-0.15, -0.1) is 10.2 Å². The molecule has 0 radical (unpaired) electrons. The Kier molecular flexibility index (Phi) is 5.09. The molecule has 0 fully saturated rings. The minimum atomic E-state index is -0.631. The monoisotopic (exact) mass is 254 g/mol. The molecule has 0 bridgehead atoms. The number of aryl methyl sites for hydroxylation is 1. The van der Waals surface area contributed by atoms with Gasteiger partial charge in [-0.05, 0) is 13.3 Å². The van der Waals surface area contributed by atoms with Crippen LogP contribution in [0.1, 0.15) is 26.1 Å². The van der Waals surface area contributed by atoms with E-state index in [1.54, 1.807) is 13.3 Å². The molecule has 0 aromatic carbocycles. The van der Waals surface area contributed by atoms with Gasteiger partial charge in [0, 0.05) is 6.54 Å². The lowest BCUT2D eigenvalue weighted by Gasteiger charge is -2.13. The van der Waals surface area contributed by atoms with Gasteiger partial charge in [-0.25, -0.2) is 0 Å². The molecule has 1 atom stereocenters. The van der Waals surface area contributed by atoms with Crippen molar-refractivity contribution in [3.05, 3.63) is 12.2 Å². The topological polar surface area (TPSA) is 118 Å². The first kappa shape index (κ1) is 13.9. The van der Waals surface area contributed by atoms with Crippen LogP contribution < -0.4 is 11.1 Å². The van der Waals surface area contributed by atoms with Crippen molar-refractivity contribution < 1.29 is 10.0 Å². The van der Waals surface area contributed by atoms with Crippen LogP contribution in [-0.2, 0) is 17.9 Å². The number of hydrogen-bond acceptors (Lipinski definition) is 5.